The fourth-order valence-corrected chi connectivity index (χ4v) is 4.44. The van der Waals surface area contributed by atoms with E-state index in [4.69, 9.17) is 23.2 Å². The third kappa shape index (κ3) is 5.14. The first-order valence-electron chi connectivity index (χ1n) is 11.5. The lowest BCUT2D eigenvalue weighted by molar-refractivity contribution is 0.0907. The quantitative estimate of drug-likeness (QED) is 0.243. The predicted octanol–water partition coefficient (Wildman–Crippen LogP) is 6.65. The van der Waals surface area contributed by atoms with Gasteiger partial charge in [-0.3, -0.25) is 0 Å². The minimum absolute atomic E-state index is 0.170. The number of rotatable bonds is 8. The van der Waals surface area contributed by atoms with Crippen LogP contribution in [0.15, 0.2) is 109 Å². The Labute approximate surface area is 220 Å². The van der Waals surface area contributed by atoms with Crippen molar-refractivity contribution in [2.75, 3.05) is 11.9 Å². The van der Waals surface area contributed by atoms with Gasteiger partial charge in [-0.05, 0) is 47.5 Å². The van der Waals surface area contributed by atoms with Crippen LogP contribution in [0.5, 0.6) is 0 Å². The van der Waals surface area contributed by atoms with Crippen LogP contribution in [0.1, 0.15) is 16.8 Å². The summed E-state index contributed by atoms with van der Waals surface area (Å²) in [6.45, 7) is 0.671. The molecule has 0 saturated heterocycles. The maximum absolute atomic E-state index is 12.3. The molecule has 4 aromatic carbocycles. The van der Waals surface area contributed by atoms with Crippen molar-refractivity contribution in [1.29, 1.82) is 0 Å². The number of nitrogens with one attached hydrogen (secondary N) is 1. The molecule has 0 radical (unpaired) electrons. The molecule has 0 aliphatic heterocycles. The van der Waals surface area contributed by atoms with Crippen LogP contribution in [-0.4, -0.2) is 26.6 Å². The van der Waals surface area contributed by atoms with Crippen LogP contribution in [-0.2, 0) is 12.1 Å². The van der Waals surface area contributed by atoms with E-state index in [2.05, 4.69) is 15.6 Å². The Hall–Kier alpha value is -3.64. The van der Waals surface area contributed by atoms with Gasteiger partial charge in [-0.2, -0.15) is 0 Å². The Balaban J connectivity index is 1.63. The molecule has 0 aliphatic carbocycles. The van der Waals surface area contributed by atoms with Crippen molar-refractivity contribution in [3.8, 4) is 11.3 Å². The molecule has 5 rings (SSSR count). The highest BCUT2D eigenvalue weighted by Crippen LogP contribution is 2.36. The Bertz CT molecular complexity index is 1420. The number of hydrogen-bond donors (Lipinski definition) is 2. The second-order valence-corrected chi connectivity index (χ2v) is 9.40. The fraction of sp³-hybridized carbons (Fsp3) is 0.103. The second kappa shape index (κ2) is 10.5. The highest BCUT2D eigenvalue weighted by molar-refractivity contribution is 6.30. The van der Waals surface area contributed by atoms with E-state index in [1.54, 1.807) is 12.1 Å². The first-order valence-corrected chi connectivity index (χ1v) is 12.3. The van der Waals surface area contributed by atoms with Crippen LogP contribution in [0.4, 0.5) is 5.69 Å². The lowest BCUT2D eigenvalue weighted by atomic mass is 9.87. The van der Waals surface area contributed by atoms with E-state index >= 15 is 0 Å². The summed E-state index contributed by atoms with van der Waals surface area (Å²) >= 11 is 12.2. The number of anilines is 1. The zero-order chi connectivity index (χ0) is 25.0. The Kier molecular flexibility index (Phi) is 7.05. The molecule has 1 heterocycles. The van der Waals surface area contributed by atoms with Gasteiger partial charge in [0.25, 0.3) is 0 Å². The highest BCUT2D eigenvalue weighted by Gasteiger charge is 2.38. The molecule has 5 nitrogen and oxygen atoms in total. The van der Waals surface area contributed by atoms with Crippen molar-refractivity contribution >= 4 is 28.9 Å². The summed E-state index contributed by atoms with van der Waals surface area (Å²) in [6, 6.07) is 34.4. The van der Waals surface area contributed by atoms with Gasteiger partial charge in [0.15, 0.2) is 5.60 Å². The molecule has 0 amide bonds. The third-order valence-corrected chi connectivity index (χ3v) is 6.57. The lowest BCUT2D eigenvalue weighted by Gasteiger charge is -2.29. The lowest BCUT2D eigenvalue weighted by Crippen LogP contribution is -2.36. The van der Waals surface area contributed by atoms with Crippen molar-refractivity contribution in [2.45, 2.75) is 12.1 Å². The van der Waals surface area contributed by atoms with Crippen molar-refractivity contribution in [2.24, 2.45) is 0 Å². The van der Waals surface area contributed by atoms with Crippen LogP contribution >= 0.6 is 23.2 Å². The van der Waals surface area contributed by atoms with Crippen LogP contribution in [0.25, 0.3) is 11.3 Å². The topological polar surface area (TPSA) is 63.0 Å². The maximum atomic E-state index is 12.3. The molecule has 0 aliphatic rings. The number of halogens is 2. The first kappa shape index (κ1) is 24.1. The molecule has 180 valence electrons. The van der Waals surface area contributed by atoms with Gasteiger partial charge >= 0.3 is 0 Å². The molecular formula is C29H24Cl2N4O. The van der Waals surface area contributed by atoms with Gasteiger partial charge in [-0.25, -0.2) is 4.68 Å². The van der Waals surface area contributed by atoms with E-state index in [9.17, 15) is 5.11 Å². The van der Waals surface area contributed by atoms with Gasteiger partial charge in [0.05, 0.1) is 18.8 Å². The van der Waals surface area contributed by atoms with Crippen LogP contribution < -0.4 is 5.32 Å². The average Bonchev–Trinajstić information content (AvgIpc) is 3.34. The van der Waals surface area contributed by atoms with Crippen LogP contribution in [0.2, 0.25) is 10.0 Å². The summed E-state index contributed by atoms with van der Waals surface area (Å²) < 4.78 is 1.82. The third-order valence-electron chi connectivity index (χ3n) is 6.06. The molecule has 0 spiro atoms. The molecule has 7 heteroatoms. The van der Waals surface area contributed by atoms with Crippen LogP contribution in [0, 0.1) is 0 Å². The summed E-state index contributed by atoms with van der Waals surface area (Å²) in [7, 11) is 0. The second-order valence-electron chi connectivity index (χ2n) is 8.52. The van der Waals surface area contributed by atoms with E-state index in [-0.39, 0.29) is 6.54 Å². The van der Waals surface area contributed by atoms with E-state index < -0.39 is 5.60 Å². The van der Waals surface area contributed by atoms with Gasteiger partial charge in [-0.15, -0.1) is 5.10 Å². The number of aliphatic hydroxyl groups is 1. The summed E-state index contributed by atoms with van der Waals surface area (Å²) in [5.41, 5.74) is 3.16. The number of nitrogens with zero attached hydrogens (tertiary/aromatic N) is 3. The molecule has 0 saturated carbocycles. The zero-order valence-corrected chi connectivity index (χ0v) is 20.9. The Morgan fingerprint density at radius 1 is 0.750 bits per heavy atom. The summed E-state index contributed by atoms with van der Waals surface area (Å²) in [5, 5.41) is 26.0. The number of hydrogen-bond acceptors (Lipinski definition) is 4. The molecule has 36 heavy (non-hydrogen) atoms. The van der Waals surface area contributed by atoms with E-state index in [0.717, 1.165) is 22.5 Å². The standard InChI is InChI=1S/C29H24Cl2N4O/c30-24-13-11-22(12-14-24)27-28(33-34-35(27)19-21-7-3-1-4-8-21)29(36,23-9-5-2-6-10-23)20-32-26-17-15-25(31)16-18-26/h1-18,32,36H,19-20H2. The normalized spacial score (nSPS) is 12.8. The highest BCUT2D eigenvalue weighted by atomic mass is 35.5. The minimum Gasteiger partial charge on any atom is -0.381 e. The summed E-state index contributed by atoms with van der Waals surface area (Å²) in [4.78, 5) is 0. The Morgan fingerprint density at radius 2 is 1.33 bits per heavy atom. The van der Waals surface area contributed by atoms with Crippen molar-refractivity contribution < 1.29 is 5.11 Å². The largest absolute Gasteiger partial charge is 0.381 e. The van der Waals surface area contributed by atoms with Crippen molar-refractivity contribution in [1.82, 2.24) is 15.0 Å². The zero-order valence-electron chi connectivity index (χ0n) is 19.4. The molecule has 5 aromatic rings. The molecule has 1 atom stereocenters. The molecule has 1 unspecified atom stereocenters. The Morgan fingerprint density at radius 3 is 1.97 bits per heavy atom. The molecular weight excluding hydrogens is 491 g/mol. The minimum atomic E-state index is -1.48. The maximum Gasteiger partial charge on any atom is 0.153 e. The smallest absolute Gasteiger partial charge is 0.153 e. The van der Waals surface area contributed by atoms with Gasteiger partial charge in [0.1, 0.15) is 5.69 Å². The predicted molar refractivity (Wildman–Crippen MR) is 145 cm³/mol. The van der Waals surface area contributed by atoms with E-state index in [1.165, 1.54) is 0 Å². The van der Waals surface area contributed by atoms with Crippen molar-refractivity contribution in [3.05, 3.63) is 136 Å². The molecule has 0 bridgehead atoms. The fourth-order valence-electron chi connectivity index (χ4n) is 4.19. The first-order chi connectivity index (χ1) is 17.5. The van der Waals surface area contributed by atoms with E-state index in [0.29, 0.717) is 27.8 Å². The summed E-state index contributed by atoms with van der Waals surface area (Å²) in [5.74, 6) is 0. The van der Waals surface area contributed by atoms with Gasteiger partial charge in [0, 0.05) is 21.3 Å². The van der Waals surface area contributed by atoms with E-state index in [1.807, 2.05) is 102 Å². The van der Waals surface area contributed by atoms with Gasteiger partial charge < -0.3 is 10.4 Å². The molecule has 2 N–H and O–H groups in total. The van der Waals surface area contributed by atoms with Gasteiger partial charge in [0.2, 0.25) is 0 Å². The van der Waals surface area contributed by atoms with Gasteiger partial charge in [-0.1, -0.05) is 101 Å². The number of aromatic nitrogens is 3. The number of benzene rings is 4. The molecule has 1 aromatic heterocycles. The van der Waals surface area contributed by atoms with Crippen LogP contribution in [0.3, 0.4) is 0 Å². The molecule has 0 fully saturated rings. The van der Waals surface area contributed by atoms with Crippen molar-refractivity contribution in [3.63, 3.8) is 0 Å². The summed E-state index contributed by atoms with van der Waals surface area (Å²) in [6.07, 6.45) is 0. The average molecular weight is 515 g/mol. The SMILES string of the molecule is OC(CNc1ccc(Cl)cc1)(c1ccccc1)c1nnn(Cc2ccccc2)c1-c1ccc(Cl)cc1. The monoisotopic (exact) mass is 514 g/mol.